The molecule has 14 heteroatoms. The molecule has 3 unspecified atom stereocenters. The second-order valence-electron chi connectivity index (χ2n) is 10.8. The molecule has 2 aromatic heterocycles. The summed E-state index contributed by atoms with van der Waals surface area (Å²) >= 11 is 0. The quantitative estimate of drug-likeness (QED) is 0.193. The fraction of sp³-hybridized carbons (Fsp3) is 0.429. The van der Waals surface area contributed by atoms with Gasteiger partial charge in [-0.25, -0.2) is 4.68 Å². The number of H-pyrrole nitrogens is 2. The van der Waals surface area contributed by atoms with Crippen molar-refractivity contribution in [1.29, 1.82) is 0 Å². The lowest BCUT2D eigenvalue weighted by Gasteiger charge is -2.32. The van der Waals surface area contributed by atoms with Crippen LogP contribution in [0.5, 0.6) is 5.75 Å². The van der Waals surface area contributed by atoms with E-state index < -0.39 is 40.7 Å². The van der Waals surface area contributed by atoms with Gasteiger partial charge in [-0.3, -0.25) is 9.89 Å². The minimum absolute atomic E-state index is 0.0482. The number of rotatable bonds is 7. The second kappa shape index (κ2) is 10.9. The van der Waals surface area contributed by atoms with E-state index in [9.17, 15) is 23.1 Å². The molecular weight excluding hydrogens is 561 g/mol. The Kier molecular flexibility index (Phi) is 7.58. The first-order chi connectivity index (χ1) is 19.8. The number of tetrazole rings is 1. The third-order valence-corrected chi connectivity index (χ3v) is 8.10. The number of anilines is 1. The zero-order valence-electron chi connectivity index (χ0n) is 23.1. The van der Waals surface area contributed by atoms with E-state index in [-0.39, 0.29) is 23.1 Å². The van der Waals surface area contributed by atoms with Gasteiger partial charge in [0.2, 0.25) is 0 Å². The highest BCUT2D eigenvalue weighted by molar-refractivity contribution is 5.54. The molecule has 0 spiro atoms. The smallest absolute Gasteiger partial charge is 0.455 e. The molecule has 5 rings (SSSR count). The number of hydrogen-bond acceptors (Lipinski definition) is 6. The monoisotopic (exact) mass is 591 g/mol. The molecule has 1 aliphatic rings. The van der Waals surface area contributed by atoms with Crippen molar-refractivity contribution in [2.75, 3.05) is 5.32 Å². The van der Waals surface area contributed by atoms with Crippen molar-refractivity contribution in [1.82, 2.24) is 30.4 Å². The largest absolute Gasteiger partial charge is 0.507 e. The second-order valence-corrected chi connectivity index (χ2v) is 10.8. The molecule has 4 aromatic rings. The number of phenolic OH excluding ortho intramolecular Hbond substituents is 1. The van der Waals surface area contributed by atoms with Crippen LogP contribution in [0.1, 0.15) is 77.3 Å². The van der Waals surface area contributed by atoms with Crippen molar-refractivity contribution in [3.8, 4) is 11.4 Å². The van der Waals surface area contributed by atoms with Gasteiger partial charge < -0.3 is 10.4 Å². The van der Waals surface area contributed by atoms with Crippen molar-refractivity contribution in [2.45, 2.75) is 76.4 Å². The average molecular weight is 592 g/mol. The van der Waals surface area contributed by atoms with Gasteiger partial charge in [0.25, 0.3) is 5.56 Å². The number of aromatic hydroxyl groups is 1. The number of alkyl halides is 5. The first kappa shape index (κ1) is 29.3. The van der Waals surface area contributed by atoms with Gasteiger partial charge in [0.05, 0.1) is 11.4 Å². The van der Waals surface area contributed by atoms with Crippen LogP contribution in [-0.2, 0) is 0 Å². The molecule has 1 saturated carbocycles. The molecule has 0 bridgehead atoms. The number of halogens is 5. The topological polar surface area (TPSA) is 125 Å². The number of benzene rings is 2. The third kappa shape index (κ3) is 5.25. The van der Waals surface area contributed by atoms with Gasteiger partial charge in [-0.2, -0.15) is 27.2 Å². The van der Waals surface area contributed by atoms with Crippen molar-refractivity contribution >= 4 is 5.69 Å². The Bertz CT molecular complexity index is 1630. The lowest BCUT2D eigenvalue weighted by Crippen LogP contribution is -2.45. The van der Waals surface area contributed by atoms with E-state index in [0.717, 1.165) is 28.3 Å². The van der Waals surface area contributed by atoms with Gasteiger partial charge >= 0.3 is 12.1 Å². The van der Waals surface area contributed by atoms with Gasteiger partial charge in [0.15, 0.2) is 5.82 Å². The summed E-state index contributed by atoms with van der Waals surface area (Å²) in [7, 11) is 0. The lowest BCUT2D eigenvalue weighted by molar-refractivity contribution is -0.288. The molecule has 0 aliphatic heterocycles. The number of phenols is 1. The fourth-order valence-electron chi connectivity index (χ4n) is 5.63. The Balaban J connectivity index is 1.55. The Morgan fingerprint density at radius 1 is 1.05 bits per heavy atom. The molecular formula is C28H30F5N7O2. The van der Waals surface area contributed by atoms with Crippen LogP contribution in [0.4, 0.5) is 27.6 Å². The van der Waals surface area contributed by atoms with E-state index in [1.807, 2.05) is 13.8 Å². The van der Waals surface area contributed by atoms with Crippen LogP contribution in [0.15, 0.2) is 41.2 Å². The summed E-state index contributed by atoms with van der Waals surface area (Å²) in [5.41, 5.74) is 0.497. The number of nitrogens with one attached hydrogen (secondary N) is 3. The van der Waals surface area contributed by atoms with Gasteiger partial charge in [0.1, 0.15) is 17.5 Å². The molecule has 0 radical (unpaired) electrons. The molecule has 224 valence electrons. The zero-order chi connectivity index (χ0) is 30.4. The SMILES string of the molecule is Cc1ccc(-n2[nH]c(C)c(NC(c3cccc(C4CCCC(c5nn[nH]n5)C4)c3O)C(F)(F)C(F)(F)F)c2=O)cc1C. The highest BCUT2D eigenvalue weighted by Gasteiger charge is 2.63. The van der Waals surface area contributed by atoms with Gasteiger partial charge in [-0.15, -0.1) is 10.2 Å². The van der Waals surface area contributed by atoms with Crippen molar-refractivity contribution in [3.05, 3.63) is 80.5 Å². The number of aromatic amines is 2. The van der Waals surface area contributed by atoms with E-state index in [4.69, 9.17) is 0 Å². The molecule has 1 fully saturated rings. The Morgan fingerprint density at radius 2 is 1.79 bits per heavy atom. The summed E-state index contributed by atoms with van der Waals surface area (Å²) < 4.78 is 73.0. The molecule has 42 heavy (non-hydrogen) atoms. The molecule has 9 nitrogen and oxygen atoms in total. The van der Waals surface area contributed by atoms with Crippen LogP contribution < -0.4 is 10.9 Å². The minimum Gasteiger partial charge on any atom is -0.507 e. The lowest BCUT2D eigenvalue weighted by atomic mass is 9.76. The van der Waals surface area contributed by atoms with Gasteiger partial charge in [0, 0.05) is 11.5 Å². The van der Waals surface area contributed by atoms with Gasteiger partial charge in [-0.1, -0.05) is 35.9 Å². The Hall–Kier alpha value is -4.23. The predicted octanol–water partition coefficient (Wildman–Crippen LogP) is 6.10. The van der Waals surface area contributed by atoms with Gasteiger partial charge in [-0.05, 0) is 74.8 Å². The number of aryl methyl sites for hydroxylation is 3. The maximum atomic E-state index is 15.2. The maximum Gasteiger partial charge on any atom is 0.455 e. The zero-order valence-corrected chi connectivity index (χ0v) is 23.1. The van der Waals surface area contributed by atoms with Crippen molar-refractivity contribution < 1.29 is 27.1 Å². The summed E-state index contributed by atoms with van der Waals surface area (Å²) in [5.74, 6) is -6.03. The van der Waals surface area contributed by atoms with E-state index in [2.05, 4.69) is 31.0 Å². The molecule has 2 heterocycles. The number of para-hydroxylation sites is 1. The summed E-state index contributed by atoms with van der Waals surface area (Å²) in [5, 5.41) is 30.1. The Morgan fingerprint density at radius 3 is 2.45 bits per heavy atom. The molecule has 1 aliphatic carbocycles. The van der Waals surface area contributed by atoms with Crippen LogP contribution in [0, 0.1) is 20.8 Å². The van der Waals surface area contributed by atoms with Crippen molar-refractivity contribution in [2.24, 2.45) is 0 Å². The van der Waals surface area contributed by atoms with Crippen molar-refractivity contribution in [3.63, 3.8) is 0 Å². The van der Waals surface area contributed by atoms with Crippen LogP contribution in [0.2, 0.25) is 0 Å². The summed E-state index contributed by atoms with van der Waals surface area (Å²) in [6, 6.07) is 6.15. The van der Waals surface area contributed by atoms with Crippen LogP contribution in [0.3, 0.4) is 0 Å². The standard InChI is InChI=1S/C28H30F5N7O2/c1-14-10-11-19(12-15(14)2)40-26(42)22(16(3)37-40)34-24(27(29,30)28(31,32)33)21-9-5-8-20(23(21)41)17-6-4-7-18(13-17)25-35-38-39-36-25/h5,8-12,17-18,24,34,37,41H,4,6-7,13H2,1-3H3,(H,35,36,38,39). The predicted molar refractivity (Wildman–Crippen MR) is 144 cm³/mol. The van der Waals surface area contributed by atoms with Crippen LogP contribution >= 0.6 is 0 Å². The summed E-state index contributed by atoms with van der Waals surface area (Å²) in [4.78, 5) is 13.3. The highest BCUT2D eigenvalue weighted by atomic mass is 19.4. The molecule has 4 N–H and O–H groups in total. The molecule has 3 atom stereocenters. The van der Waals surface area contributed by atoms with E-state index in [1.54, 1.807) is 18.2 Å². The molecule has 0 saturated heterocycles. The third-order valence-electron chi connectivity index (χ3n) is 8.10. The number of aromatic nitrogens is 6. The van der Waals surface area contributed by atoms with E-state index >= 15 is 8.78 Å². The number of nitrogens with zero attached hydrogens (tertiary/aromatic N) is 4. The normalized spacial score (nSPS) is 18.7. The summed E-state index contributed by atoms with van der Waals surface area (Å²) in [6.45, 7) is 5.09. The maximum absolute atomic E-state index is 15.2. The van der Waals surface area contributed by atoms with E-state index in [0.29, 0.717) is 30.8 Å². The van der Waals surface area contributed by atoms with Crippen LogP contribution in [0.25, 0.3) is 5.69 Å². The highest BCUT2D eigenvalue weighted by Crippen LogP contribution is 2.50. The van der Waals surface area contributed by atoms with E-state index in [1.165, 1.54) is 19.1 Å². The molecule has 2 aromatic carbocycles. The first-order valence-corrected chi connectivity index (χ1v) is 13.4. The summed E-state index contributed by atoms with van der Waals surface area (Å²) in [6.07, 6.45) is -3.52. The first-order valence-electron chi connectivity index (χ1n) is 13.4. The fourth-order valence-corrected chi connectivity index (χ4v) is 5.63. The molecule has 0 amide bonds. The average Bonchev–Trinajstić information content (AvgIpc) is 3.57. The Labute approximate surface area is 237 Å². The number of hydrogen-bond donors (Lipinski definition) is 4. The van der Waals surface area contributed by atoms with Crippen LogP contribution in [-0.4, -0.2) is 47.6 Å². The minimum atomic E-state index is -5.99.